The fraction of sp³-hybridized carbons (Fsp3) is 0.576. The van der Waals surface area contributed by atoms with Gasteiger partial charge in [-0.15, -0.1) is 0 Å². The molecule has 224 valence electrons. The second kappa shape index (κ2) is 12.8. The number of rotatable bonds is 8. The van der Waals surface area contributed by atoms with E-state index in [1.54, 1.807) is 26.8 Å². The maximum absolute atomic E-state index is 14.8. The molecule has 1 heterocycles. The summed E-state index contributed by atoms with van der Waals surface area (Å²) in [5.41, 5.74) is 1.62. The summed E-state index contributed by atoms with van der Waals surface area (Å²) in [4.78, 5) is 28.8. The summed E-state index contributed by atoms with van der Waals surface area (Å²) in [6.45, 7) is 5.64. The van der Waals surface area contributed by atoms with Crippen LogP contribution < -0.4 is 4.74 Å². The van der Waals surface area contributed by atoms with E-state index < -0.39 is 29.8 Å². The van der Waals surface area contributed by atoms with Gasteiger partial charge in [0.1, 0.15) is 23.3 Å². The average molecular weight is 569 g/mol. The van der Waals surface area contributed by atoms with Crippen molar-refractivity contribution in [1.82, 2.24) is 9.80 Å². The molecule has 0 spiro atoms. The van der Waals surface area contributed by atoms with Crippen LogP contribution in [0.15, 0.2) is 48.5 Å². The number of esters is 1. The highest BCUT2D eigenvalue weighted by Gasteiger charge is 2.41. The van der Waals surface area contributed by atoms with Gasteiger partial charge >= 0.3 is 12.1 Å². The van der Waals surface area contributed by atoms with Crippen LogP contribution in [0.1, 0.15) is 70.4 Å². The Labute approximate surface area is 243 Å². The number of benzene rings is 2. The monoisotopic (exact) mass is 568 g/mol. The van der Waals surface area contributed by atoms with E-state index in [-0.39, 0.29) is 24.3 Å². The number of hydrogen-bond donors (Lipinski definition) is 0. The Hall–Kier alpha value is -3.13. The third kappa shape index (κ3) is 7.79. The van der Waals surface area contributed by atoms with E-state index in [2.05, 4.69) is 49.3 Å². The second-order valence-corrected chi connectivity index (χ2v) is 12.8. The van der Waals surface area contributed by atoms with Gasteiger partial charge in [-0.25, -0.2) is 9.18 Å². The molecule has 2 aromatic rings. The van der Waals surface area contributed by atoms with Gasteiger partial charge in [-0.2, -0.15) is 0 Å². The van der Waals surface area contributed by atoms with Crippen LogP contribution in [0.3, 0.4) is 0 Å². The van der Waals surface area contributed by atoms with Crippen molar-refractivity contribution in [1.29, 1.82) is 0 Å². The van der Waals surface area contributed by atoms with Crippen LogP contribution in [-0.2, 0) is 26.2 Å². The molecule has 1 aliphatic carbocycles. The Morgan fingerprint density at radius 1 is 1.07 bits per heavy atom. The molecule has 2 fully saturated rings. The zero-order valence-electron chi connectivity index (χ0n) is 25.3. The van der Waals surface area contributed by atoms with E-state index in [9.17, 15) is 14.0 Å². The van der Waals surface area contributed by atoms with E-state index in [0.29, 0.717) is 18.1 Å². The second-order valence-electron chi connectivity index (χ2n) is 12.8. The first-order chi connectivity index (χ1) is 19.4. The smallest absolute Gasteiger partial charge is 0.410 e. The number of carbonyl (C=O) groups excluding carboxylic acids is 2. The van der Waals surface area contributed by atoms with Crippen molar-refractivity contribution in [2.45, 2.75) is 89.0 Å². The van der Waals surface area contributed by atoms with Crippen molar-refractivity contribution in [2.75, 3.05) is 27.7 Å². The minimum Gasteiger partial charge on any atom is -0.488 e. The number of methoxy groups -OCH3 is 1. The van der Waals surface area contributed by atoms with E-state index in [0.717, 1.165) is 37.7 Å². The van der Waals surface area contributed by atoms with Crippen molar-refractivity contribution in [3.63, 3.8) is 0 Å². The van der Waals surface area contributed by atoms with Crippen LogP contribution in [0, 0.1) is 11.7 Å². The molecule has 0 aromatic heterocycles. The lowest BCUT2D eigenvalue weighted by Crippen LogP contribution is -2.44. The van der Waals surface area contributed by atoms with Crippen LogP contribution in [0.5, 0.6) is 5.75 Å². The van der Waals surface area contributed by atoms with Crippen LogP contribution in [0.25, 0.3) is 0 Å². The lowest BCUT2D eigenvalue weighted by molar-refractivity contribution is -0.141. The first-order valence-corrected chi connectivity index (χ1v) is 14.6. The zero-order valence-corrected chi connectivity index (χ0v) is 25.3. The lowest BCUT2D eigenvalue weighted by Gasteiger charge is -2.45. The predicted octanol–water partition coefficient (Wildman–Crippen LogP) is 6.34. The van der Waals surface area contributed by atoms with Crippen molar-refractivity contribution in [3.8, 4) is 5.75 Å². The molecule has 0 bridgehead atoms. The summed E-state index contributed by atoms with van der Waals surface area (Å²) < 4.78 is 31.4. The maximum atomic E-state index is 14.8. The molecular formula is C33H45FN2O5. The number of nitrogens with zero attached hydrogens (tertiary/aromatic N) is 2. The summed E-state index contributed by atoms with van der Waals surface area (Å²) in [7, 11) is 5.64. The Kier molecular flexibility index (Phi) is 9.62. The summed E-state index contributed by atoms with van der Waals surface area (Å²) in [5.74, 6) is 0.152. The lowest BCUT2D eigenvalue weighted by atomic mass is 9.70. The summed E-state index contributed by atoms with van der Waals surface area (Å²) >= 11 is 0. The minimum atomic E-state index is -0.671. The highest BCUT2D eigenvalue weighted by molar-refractivity contribution is 5.73. The molecule has 2 atom stereocenters. The summed E-state index contributed by atoms with van der Waals surface area (Å²) in [5, 5.41) is 0. The largest absolute Gasteiger partial charge is 0.488 e. The third-order valence-electron chi connectivity index (χ3n) is 8.49. The van der Waals surface area contributed by atoms with Gasteiger partial charge < -0.3 is 19.1 Å². The molecule has 41 heavy (non-hydrogen) atoms. The van der Waals surface area contributed by atoms with E-state index in [1.807, 2.05) is 6.07 Å². The molecule has 0 radical (unpaired) electrons. The van der Waals surface area contributed by atoms with E-state index >= 15 is 0 Å². The number of hydrogen-bond acceptors (Lipinski definition) is 6. The van der Waals surface area contributed by atoms with Gasteiger partial charge in [0.15, 0.2) is 0 Å². The normalized spacial score (nSPS) is 24.8. The number of halogens is 1. The van der Waals surface area contributed by atoms with Crippen LogP contribution in [0.4, 0.5) is 9.18 Å². The molecule has 2 aliphatic rings. The Morgan fingerprint density at radius 2 is 1.76 bits per heavy atom. The van der Waals surface area contributed by atoms with E-state index in [1.165, 1.54) is 23.6 Å². The van der Waals surface area contributed by atoms with Gasteiger partial charge in [0.25, 0.3) is 0 Å². The Morgan fingerprint density at radius 3 is 2.37 bits per heavy atom. The molecule has 8 heteroatoms. The first kappa shape index (κ1) is 30.8. The summed E-state index contributed by atoms with van der Waals surface area (Å²) in [6.07, 6.45) is 4.58. The van der Waals surface area contributed by atoms with Gasteiger partial charge in [-0.05, 0) is 96.1 Å². The zero-order chi connectivity index (χ0) is 29.8. The number of amides is 1. The van der Waals surface area contributed by atoms with Gasteiger partial charge in [0.05, 0.1) is 20.1 Å². The standard InChI is InChI=1S/C33H45FN2O5/c1-32(2,3)41-31(38)36-22-29(20-27(36)21-30(37)39-6)40-28-18-24(17-26(34)19-28)16-23-12-14-33(15-13-23,35(4)5)25-10-8-7-9-11-25/h7-11,17-19,23,27,29H,12-16,20-22H2,1-6H3/t23-,27-,29-,33-/m0/s1. The highest BCUT2D eigenvalue weighted by Crippen LogP contribution is 2.44. The fourth-order valence-corrected chi connectivity index (χ4v) is 6.41. The van der Waals surface area contributed by atoms with Crippen molar-refractivity contribution in [2.24, 2.45) is 5.92 Å². The minimum absolute atomic E-state index is 0.0250. The maximum Gasteiger partial charge on any atom is 0.410 e. The Balaban J connectivity index is 1.41. The number of carbonyl (C=O) groups is 2. The molecule has 1 amide bonds. The molecular weight excluding hydrogens is 523 g/mol. The van der Waals surface area contributed by atoms with Crippen LogP contribution >= 0.6 is 0 Å². The van der Waals surface area contributed by atoms with Crippen molar-refractivity contribution in [3.05, 3.63) is 65.5 Å². The third-order valence-corrected chi connectivity index (χ3v) is 8.49. The van der Waals surface area contributed by atoms with Crippen LogP contribution in [0.2, 0.25) is 0 Å². The van der Waals surface area contributed by atoms with Gasteiger partial charge in [0, 0.05) is 24.1 Å². The van der Waals surface area contributed by atoms with Gasteiger partial charge in [0.2, 0.25) is 0 Å². The SMILES string of the molecule is COC(=O)C[C@@H]1C[C@H](Oc2cc(F)cc(C[C@H]3CC[C@](c4ccccc4)(N(C)C)CC3)c2)CN1C(=O)OC(C)(C)C. The molecule has 0 N–H and O–H groups in total. The number of ether oxygens (including phenoxy) is 3. The average Bonchev–Trinajstić information content (AvgIpc) is 3.30. The molecule has 7 nitrogen and oxygen atoms in total. The van der Waals surface area contributed by atoms with Crippen molar-refractivity contribution >= 4 is 12.1 Å². The Bertz CT molecular complexity index is 1190. The first-order valence-electron chi connectivity index (χ1n) is 14.6. The quantitative estimate of drug-likeness (QED) is 0.347. The molecule has 4 rings (SSSR count). The van der Waals surface area contributed by atoms with Gasteiger partial charge in [-0.3, -0.25) is 9.69 Å². The van der Waals surface area contributed by atoms with Crippen LogP contribution in [-0.4, -0.2) is 67.4 Å². The highest BCUT2D eigenvalue weighted by atomic mass is 19.1. The van der Waals surface area contributed by atoms with Crippen molar-refractivity contribution < 1.29 is 28.2 Å². The fourth-order valence-electron chi connectivity index (χ4n) is 6.41. The predicted molar refractivity (Wildman–Crippen MR) is 156 cm³/mol. The molecule has 1 saturated heterocycles. The summed E-state index contributed by atoms with van der Waals surface area (Å²) in [6, 6.07) is 15.2. The van der Waals surface area contributed by atoms with Gasteiger partial charge in [-0.1, -0.05) is 30.3 Å². The number of likely N-dealkylation sites (tertiary alicyclic amines) is 1. The molecule has 1 saturated carbocycles. The molecule has 1 aliphatic heterocycles. The molecule has 0 unspecified atom stereocenters. The topological polar surface area (TPSA) is 68.3 Å². The van der Waals surface area contributed by atoms with E-state index in [4.69, 9.17) is 14.2 Å². The molecule has 2 aromatic carbocycles.